The van der Waals surface area contributed by atoms with Crippen molar-refractivity contribution in [1.82, 2.24) is 15.0 Å². The molecule has 0 spiro atoms. The lowest BCUT2D eigenvalue weighted by Gasteiger charge is -2.14. The third kappa shape index (κ3) is 4.73. The maximum Gasteiger partial charge on any atom is 0.164 e. The van der Waals surface area contributed by atoms with E-state index in [9.17, 15) is 0 Å². The van der Waals surface area contributed by atoms with Crippen molar-refractivity contribution < 1.29 is 4.42 Å². The summed E-state index contributed by atoms with van der Waals surface area (Å²) < 4.78 is 6.88. The minimum Gasteiger partial charge on any atom is -0.455 e. The van der Waals surface area contributed by atoms with Crippen molar-refractivity contribution in [2.75, 3.05) is 0 Å². The Hall–Kier alpha value is -7.17. The lowest BCUT2D eigenvalue weighted by Crippen LogP contribution is -2.00. The highest BCUT2D eigenvalue weighted by molar-refractivity contribution is 6.25. The Morgan fingerprint density at radius 2 is 0.962 bits per heavy atom. The molecule has 0 unspecified atom stereocenters. The maximum absolute atomic E-state index is 6.88. The number of aromatic nitrogens is 3. The molecule has 0 saturated heterocycles. The molecule has 0 aliphatic heterocycles. The minimum absolute atomic E-state index is 0.600. The molecule has 0 N–H and O–H groups in total. The summed E-state index contributed by atoms with van der Waals surface area (Å²) in [5.41, 5.74) is 6.59. The van der Waals surface area contributed by atoms with Crippen LogP contribution in [0.25, 0.3) is 110 Å². The van der Waals surface area contributed by atoms with E-state index >= 15 is 0 Å². The molecule has 11 rings (SSSR count). The van der Waals surface area contributed by atoms with Crippen molar-refractivity contribution >= 4 is 65.0 Å². The van der Waals surface area contributed by atoms with Gasteiger partial charge in [-0.2, -0.15) is 0 Å². The first-order valence-corrected chi connectivity index (χ1v) is 17.9. The molecule has 0 aliphatic carbocycles. The Kier molecular flexibility index (Phi) is 6.52. The molecule has 53 heavy (non-hydrogen) atoms. The SMILES string of the molecule is c1ccc(-c2nc(-c3ccc4ccccc4c3)nc(-c3cccc4oc5c(-c6cc7ccccc7c7ccc8ccccc8c67)cccc5c34)n2)cc1. The average molecular weight is 676 g/mol. The average Bonchev–Trinajstić information content (AvgIpc) is 3.62. The van der Waals surface area contributed by atoms with Gasteiger partial charge in [-0.15, -0.1) is 0 Å². The lowest BCUT2D eigenvalue weighted by molar-refractivity contribution is 0.670. The van der Waals surface area contributed by atoms with E-state index in [4.69, 9.17) is 19.4 Å². The molecular formula is C49H29N3O. The lowest BCUT2D eigenvalue weighted by atomic mass is 9.89. The minimum atomic E-state index is 0.600. The van der Waals surface area contributed by atoms with E-state index in [1.54, 1.807) is 0 Å². The van der Waals surface area contributed by atoms with Gasteiger partial charge in [-0.25, -0.2) is 15.0 Å². The van der Waals surface area contributed by atoms with Crippen molar-refractivity contribution in [2.24, 2.45) is 0 Å². The summed E-state index contributed by atoms with van der Waals surface area (Å²) in [7, 11) is 0. The second-order valence-corrected chi connectivity index (χ2v) is 13.6. The third-order valence-corrected chi connectivity index (χ3v) is 10.5. The van der Waals surface area contributed by atoms with Gasteiger partial charge in [0.2, 0.25) is 0 Å². The largest absolute Gasteiger partial charge is 0.455 e. The van der Waals surface area contributed by atoms with Crippen LogP contribution in [0.3, 0.4) is 0 Å². The van der Waals surface area contributed by atoms with E-state index in [0.29, 0.717) is 17.5 Å². The van der Waals surface area contributed by atoms with E-state index in [1.807, 2.05) is 42.5 Å². The van der Waals surface area contributed by atoms with Gasteiger partial charge >= 0.3 is 0 Å². The van der Waals surface area contributed by atoms with Crippen molar-refractivity contribution in [3.05, 3.63) is 176 Å². The fourth-order valence-electron chi connectivity index (χ4n) is 8.01. The number of furan rings is 1. The van der Waals surface area contributed by atoms with Crippen LogP contribution >= 0.6 is 0 Å². The molecule has 0 saturated carbocycles. The summed E-state index contributed by atoms with van der Waals surface area (Å²) in [4.78, 5) is 15.3. The van der Waals surface area contributed by atoms with Crippen LogP contribution in [0.15, 0.2) is 180 Å². The number of rotatable bonds is 4. The number of fused-ring (bicyclic) bond motifs is 9. The van der Waals surface area contributed by atoms with Crippen LogP contribution in [0.4, 0.5) is 0 Å². The Labute approximate surface area is 304 Å². The quantitative estimate of drug-likeness (QED) is 0.174. The highest BCUT2D eigenvalue weighted by Gasteiger charge is 2.21. The molecule has 0 aliphatic rings. The number of hydrogen-bond acceptors (Lipinski definition) is 4. The van der Waals surface area contributed by atoms with E-state index < -0.39 is 0 Å². The van der Waals surface area contributed by atoms with E-state index in [1.165, 1.54) is 37.7 Å². The first-order valence-electron chi connectivity index (χ1n) is 17.9. The van der Waals surface area contributed by atoms with E-state index in [2.05, 4.69) is 133 Å². The molecular weight excluding hydrogens is 647 g/mol. The Morgan fingerprint density at radius 3 is 1.83 bits per heavy atom. The van der Waals surface area contributed by atoms with Gasteiger partial charge in [-0.3, -0.25) is 0 Å². The van der Waals surface area contributed by atoms with Crippen molar-refractivity contribution in [3.63, 3.8) is 0 Å². The molecule has 0 amide bonds. The number of nitrogens with zero attached hydrogens (tertiary/aromatic N) is 3. The maximum atomic E-state index is 6.88. The molecule has 11 aromatic rings. The molecule has 246 valence electrons. The van der Waals surface area contributed by atoms with Gasteiger partial charge in [0, 0.05) is 33.0 Å². The summed E-state index contributed by atoms with van der Waals surface area (Å²) in [6, 6.07) is 61.6. The van der Waals surface area contributed by atoms with Gasteiger partial charge in [-0.1, -0.05) is 158 Å². The predicted molar refractivity (Wildman–Crippen MR) is 219 cm³/mol. The monoisotopic (exact) mass is 675 g/mol. The molecule has 9 aromatic carbocycles. The molecule has 0 atom stereocenters. The zero-order valence-corrected chi connectivity index (χ0v) is 28.5. The highest BCUT2D eigenvalue weighted by atomic mass is 16.3. The second kappa shape index (κ2) is 11.7. The first-order chi connectivity index (χ1) is 26.3. The predicted octanol–water partition coefficient (Wildman–Crippen LogP) is 13.1. The van der Waals surface area contributed by atoms with Crippen molar-refractivity contribution in [2.45, 2.75) is 0 Å². The van der Waals surface area contributed by atoms with E-state index in [-0.39, 0.29) is 0 Å². The fourth-order valence-corrected chi connectivity index (χ4v) is 8.01. The van der Waals surface area contributed by atoms with Gasteiger partial charge in [-0.05, 0) is 66.9 Å². The Balaban J connectivity index is 1.18. The summed E-state index contributed by atoms with van der Waals surface area (Å²) >= 11 is 0. The summed E-state index contributed by atoms with van der Waals surface area (Å²) in [5.74, 6) is 1.85. The molecule has 4 nitrogen and oxygen atoms in total. The molecule has 0 fully saturated rings. The summed E-state index contributed by atoms with van der Waals surface area (Å²) in [5, 5.41) is 11.6. The fraction of sp³-hybridized carbons (Fsp3) is 0. The number of para-hydroxylation sites is 1. The van der Waals surface area contributed by atoms with E-state index in [0.717, 1.165) is 55.1 Å². The Morgan fingerprint density at radius 1 is 0.321 bits per heavy atom. The van der Waals surface area contributed by atoms with Crippen molar-refractivity contribution in [3.8, 4) is 45.3 Å². The van der Waals surface area contributed by atoms with Gasteiger partial charge < -0.3 is 4.42 Å². The molecule has 0 radical (unpaired) electrons. The smallest absolute Gasteiger partial charge is 0.164 e. The van der Waals surface area contributed by atoms with Crippen LogP contribution < -0.4 is 0 Å². The van der Waals surface area contributed by atoms with Gasteiger partial charge in [0.05, 0.1) is 0 Å². The van der Waals surface area contributed by atoms with Crippen molar-refractivity contribution in [1.29, 1.82) is 0 Å². The zero-order chi connectivity index (χ0) is 34.9. The molecule has 2 heterocycles. The van der Waals surface area contributed by atoms with Crippen LogP contribution in [-0.2, 0) is 0 Å². The standard InChI is InChI=1S/C49H29N3O/c1-2-14-32(15-3-1)47-50-48(35-25-24-30-12-4-5-16-33(30)28-35)52-49(51-47)41-22-11-23-43-45(41)40-21-10-20-39(46(40)53-43)42-29-34-17-7-8-18-36(34)38-27-26-31-13-6-9-19-37(31)44(38)42/h1-29H. The highest BCUT2D eigenvalue weighted by Crippen LogP contribution is 2.45. The third-order valence-electron chi connectivity index (χ3n) is 10.5. The van der Waals surface area contributed by atoms with Crippen LogP contribution in [-0.4, -0.2) is 15.0 Å². The van der Waals surface area contributed by atoms with Gasteiger partial charge in [0.25, 0.3) is 0 Å². The van der Waals surface area contributed by atoms with Crippen LogP contribution in [0.1, 0.15) is 0 Å². The summed E-state index contributed by atoms with van der Waals surface area (Å²) in [6.07, 6.45) is 0. The van der Waals surface area contributed by atoms with Gasteiger partial charge in [0.1, 0.15) is 11.2 Å². The normalized spacial score (nSPS) is 11.8. The topological polar surface area (TPSA) is 51.8 Å². The molecule has 0 bridgehead atoms. The van der Waals surface area contributed by atoms with Crippen LogP contribution in [0.5, 0.6) is 0 Å². The number of hydrogen-bond donors (Lipinski definition) is 0. The summed E-state index contributed by atoms with van der Waals surface area (Å²) in [6.45, 7) is 0. The molecule has 2 aromatic heterocycles. The Bertz CT molecular complexity index is 3240. The number of benzene rings is 9. The zero-order valence-electron chi connectivity index (χ0n) is 28.5. The first kappa shape index (κ1) is 29.5. The van der Waals surface area contributed by atoms with Crippen LogP contribution in [0.2, 0.25) is 0 Å². The molecule has 4 heteroatoms. The van der Waals surface area contributed by atoms with Gasteiger partial charge in [0.15, 0.2) is 17.5 Å². The second-order valence-electron chi connectivity index (χ2n) is 13.6. The van der Waals surface area contributed by atoms with Crippen LogP contribution in [0, 0.1) is 0 Å².